The molecule has 3 N–H and O–H groups in total. The second-order valence-electron chi connectivity index (χ2n) is 8.28. The molecule has 2 aliphatic heterocycles. The van der Waals surface area contributed by atoms with E-state index >= 15 is 0 Å². The van der Waals surface area contributed by atoms with Gasteiger partial charge in [0.05, 0.1) is 23.3 Å². The number of hydrogen-bond donors (Lipinski definition) is 3. The van der Waals surface area contributed by atoms with E-state index in [4.69, 9.17) is 0 Å². The van der Waals surface area contributed by atoms with Crippen molar-refractivity contribution in [2.75, 3.05) is 26.2 Å². The van der Waals surface area contributed by atoms with Crippen molar-refractivity contribution < 1.29 is 9.59 Å². The third-order valence-electron chi connectivity index (χ3n) is 6.52. The smallest absolute Gasteiger partial charge is 0.326 e. The molecular weight excluding hydrogens is 386 g/mol. The topological polar surface area (TPSA) is 119 Å². The van der Waals surface area contributed by atoms with E-state index in [1.807, 2.05) is 12.3 Å². The van der Waals surface area contributed by atoms with Gasteiger partial charge >= 0.3 is 11.7 Å². The van der Waals surface area contributed by atoms with Crippen molar-refractivity contribution in [2.24, 2.45) is 5.92 Å². The molecule has 30 heavy (non-hydrogen) atoms. The highest BCUT2D eigenvalue weighted by atomic mass is 16.2. The molecular formula is C20H25N7O3. The molecule has 0 bridgehead atoms. The second kappa shape index (κ2) is 6.89. The zero-order valence-electron chi connectivity index (χ0n) is 17.0. The molecule has 1 unspecified atom stereocenters. The Balaban J connectivity index is 1.51. The van der Waals surface area contributed by atoms with E-state index in [2.05, 4.69) is 27.2 Å². The van der Waals surface area contributed by atoms with E-state index < -0.39 is 6.04 Å². The van der Waals surface area contributed by atoms with Crippen LogP contribution in [0.1, 0.15) is 26.3 Å². The molecule has 2 saturated heterocycles. The first kappa shape index (κ1) is 18.7. The minimum atomic E-state index is -0.495. The lowest BCUT2D eigenvalue weighted by Crippen LogP contribution is -2.60. The van der Waals surface area contributed by atoms with Gasteiger partial charge in [0.1, 0.15) is 11.7 Å². The van der Waals surface area contributed by atoms with Crippen LogP contribution in [0.3, 0.4) is 0 Å². The average molecular weight is 411 g/mol. The van der Waals surface area contributed by atoms with Crippen LogP contribution in [0, 0.1) is 5.92 Å². The fraction of sp³-hybridized carbons (Fsp3) is 0.500. The number of likely N-dealkylation sites (tertiary alicyclic amines) is 1. The summed E-state index contributed by atoms with van der Waals surface area (Å²) in [4.78, 5) is 51.9. The molecule has 0 aliphatic carbocycles. The molecule has 5 rings (SSSR count). The summed E-state index contributed by atoms with van der Waals surface area (Å²) < 4.78 is 1.78. The van der Waals surface area contributed by atoms with Gasteiger partial charge in [-0.3, -0.25) is 9.36 Å². The summed E-state index contributed by atoms with van der Waals surface area (Å²) in [6.07, 6.45) is 4.25. The van der Waals surface area contributed by atoms with Crippen molar-refractivity contribution in [3.05, 3.63) is 28.9 Å². The summed E-state index contributed by atoms with van der Waals surface area (Å²) in [5.74, 6) is 0.0849. The Hall–Kier alpha value is -3.30. The Morgan fingerprint density at radius 2 is 2.07 bits per heavy atom. The van der Waals surface area contributed by atoms with Crippen LogP contribution in [0.15, 0.2) is 23.3 Å². The molecule has 3 atom stereocenters. The lowest BCUT2D eigenvalue weighted by atomic mass is 9.93. The fourth-order valence-electron chi connectivity index (χ4n) is 4.72. The van der Waals surface area contributed by atoms with Crippen LogP contribution in [0.5, 0.6) is 0 Å². The summed E-state index contributed by atoms with van der Waals surface area (Å²) in [6.45, 7) is 5.85. The van der Waals surface area contributed by atoms with Gasteiger partial charge in [0.2, 0.25) is 5.91 Å². The van der Waals surface area contributed by atoms with E-state index in [0.717, 1.165) is 23.0 Å². The van der Waals surface area contributed by atoms with Gasteiger partial charge in [0, 0.05) is 37.8 Å². The molecule has 3 amide bonds. The zero-order valence-corrected chi connectivity index (χ0v) is 17.0. The Bertz CT molecular complexity index is 1190. The standard InChI is InChI=1S/C20H25N7O3/c1-11-4-7-25(20(30)26-8-6-22-18(28)12(26)2)10-15(11)27-16-13-3-5-21-17(13)23-9-14(16)24-19(27)29/h3,5,9,11-12,15H,4,6-8,10H2,1-2H3,(H,21,23)(H,22,28)(H,24,29)/t11-,12?,15+/m1/s1. The number of piperidine rings is 1. The number of amides is 3. The number of urea groups is 1. The largest absolute Gasteiger partial charge is 0.353 e. The fourth-order valence-corrected chi connectivity index (χ4v) is 4.72. The molecule has 0 radical (unpaired) electrons. The van der Waals surface area contributed by atoms with E-state index in [9.17, 15) is 14.4 Å². The number of imidazole rings is 1. The monoisotopic (exact) mass is 411 g/mol. The van der Waals surface area contributed by atoms with Crippen LogP contribution in [0.25, 0.3) is 22.1 Å². The number of nitrogens with one attached hydrogen (secondary N) is 3. The van der Waals surface area contributed by atoms with Crippen molar-refractivity contribution in [2.45, 2.75) is 32.4 Å². The SMILES string of the molecule is CC1C(=O)NCCN1C(=O)N1CC[C@@H](C)[C@@H](n2c(=O)[nH]c3cnc4[nH]ccc4c32)C1. The molecule has 10 nitrogen and oxygen atoms in total. The van der Waals surface area contributed by atoms with Gasteiger partial charge in [-0.25, -0.2) is 14.6 Å². The highest BCUT2D eigenvalue weighted by Gasteiger charge is 2.37. The first-order chi connectivity index (χ1) is 14.5. The number of rotatable bonds is 1. The first-order valence-corrected chi connectivity index (χ1v) is 10.3. The lowest BCUT2D eigenvalue weighted by molar-refractivity contribution is -0.127. The predicted octanol–water partition coefficient (Wildman–Crippen LogP) is 1.03. The lowest BCUT2D eigenvalue weighted by Gasteiger charge is -2.42. The summed E-state index contributed by atoms with van der Waals surface area (Å²) in [5.41, 5.74) is 2.02. The maximum Gasteiger partial charge on any atom is 0.326 e. The first-order valence-electron chi connectivity index (χ1n) is 10.3. The average Bonchev–Trinajstić information content (AvgIpc) is 3.33. The predicted molar refractivity (Wildman–Crippen MR) is 111 cm³/mol. The van der Waals surface area contributed by atoms with Gasteiger partial charge < -0.3 is 25.1 Å². The normalized spacial score (nSPS) is 25.1. The third kappa shape index (κ3) is 2.78. The highest BCUT2D eigenvalue weighted by molar-refractivity contribution is 6.01. The van der Waals surface area contributed by atoms with Crippen LogP contribution in [-0.4, -0.2) is 73.5 Å². The number of carbonyl (C=O) groups excluding carboxylic acids is 2. The number of H-pyrrole nitrogens is 2. The number of pyridine rings is 1. The van der Waals surface area contributed by atoms with Gasteiger partial charge in [-0.1, -0.05) is 6.92 Å². The van der Waals surface area contributed by atoms with Gasteiger partial charge in [0.25, 0.3) is 0 Å². The number of fused-ring (bicyclic) bond motifs is 3. The van der Waals surface area contributed by atoms with Crippen molar-refractivity contribution >= 4 is 34.0 Å². The molecule has 5 heterocycles. The number of piperazine rings is 1. The number of carbonyl (C=O) groups is 2. The highest BCUT2D eigenvalue weighted by Crippen LogP contribution is 2.32. The molecule has 158 valence electrons. The van der Waals surface area contributed by atoms with Crippen molar-refractivity contribution in [1.82, 2.24) is 34.6 Å². The van der Waals surface area contributed by atoms with E-state index in [-0.39, 0.29) is 29.6 Å². The van der Waals surface area contributed by atoms with Gasteiger partial charge in [0.15, 0.2) is 0 Å². The van der Waals surface area contributed by atoms with Crippen molar-refractivity contribution in [3.63, 3.8) is 0 Å². The maximum atomic E-state index is 13.2. The molecule has 0 spiro atoms. The summed E-state index contributed by atoms with van der Waals surface area (Å²) in [6, 6.07) is 1.11. The Morgan fingerprint density at radius 3 is 2.90 bits per heavy atom. The Kier molecular flexibility index (Phi) is 4.30. The van der Waals surface area contributed by atoms with E-state index in [1.54, 1.807) is 27.5 Å². The number of hydrogen-bond acceptors (Lipinski definition) is 4. The molecule has 0 aromatic carbocycles. The molecule has 10 heteroatoms. The summed E-state index contributed by atoms with van der Waals surface area (Å²) in [7, 11) is 0. The van der Waals surface area contributed by atoms with Crippen LogP contribution >= 0.6 is 0 Å². The molecule has 3 aromatic heterocycles. The van der Waals surface area contributed by atoms with E-state index in [0.29, 0.717) is 31.7 Å². The minimum absolute atomic E-state index is 0.133. The summed E-state index contributed by atoms with van der Waals surface area (Å²) >= 11 is 0. The molecule has 2 aliphatic rings. The number of aromatic amines is 2. The summed E-state index contributed by atoms with van der Waals surface area (Å²) in [5, 5.41) is 3.67. The van der Waals surface area contributed by atoms with Crippen LogP contribution in [0.2, 0.25) is 0 Å². The number of nitrogens with zero attached hydrogens (tertiary/aromatic N) is 4. The molecule has 3 aromatic rings. The zero-order chi connectivity index (χ0) is 21.0. The Labute approximate surface area is 172 Å². The van der Waals surface area contributed by atoms with Gasteiger partial charge in [-0.05, 0) is 25.3 Å². The Morgan fingerprint density at radius 1 is 1.23 bits per heavy atom. The van der Waals surface area contributed by atoms with Gasteiger partial charge in [-0.15, -0.1) is 0 Å². The molecule has 2 fully saturated rings. The van der Waals surface area contributed by atoms with Crippen molar-refractivity contribution in [3.8, 4) is 0 Å². The van der Waals surface area contributed by atoms with Gasteiger partial charge in [-0.2, -0.15) is 0 Å². The van der Waals surface area contributed by atoms with Crippen molar-refractivity contribution in [1.29, 1.82) is 0 Å². The second-order valence-corrected chi connectivity index (χ2v) is 8.28. The number of aromatic nitrogens is 4. The van der Waals surface area contributed by atoms with Crippen LogP contribution in [0.4, 0.5) is 4.79 Å². The van der Waals surface area contributed by atoms with E-state index in [1.165, 1.54) is 0 Å². The quantitative estimate of drug-likeness (QED) is 0.554. The maximum absolute atomic E-state index is 13.2. The minimum Gasteiger partial charge on any atom is -0.353 e. The molecule has 0 saturated carbocycles. The third-order valence-corrected chi connectivity index (χ3v) is 6.52. The van der Waals surface area contributed by atoms with Crippen LogP contribution in [-0.2, 0) is 4.79 Å². The van der Waals surface area contributed by atoms with Crippen LogP contribution < -0.4 is 11.0 Å².